The minimum atomic E-state index is 0.580. The highest BCUT2D eigenvalue weighted by Crippen LogP contribution is 2.17. The molecule has 112 valence electrons. The van der Waals surface area contributed by atoms with Gasteiger partial charge in [0.1, 0.15) is 12.4 Å². The summed E-state index contributed by atoms with van der Waals surface area (Å²) in [4.78, 5) is 5.46. The molecule has 0 atom stereocenters. The van der Waals surface area contributed by atoms with Crippen LogP contribution in [0.4, 0.5) is 0 Å². The van der Waals surface area contributed by atoms with E-state index < -0.39 is 0 Å². The molecule has 0 aliphatic heterocycles. The van der Waals surface area contributed by atoms with Gasteiger partial charge in [-0.25, -0.2) is 0 Å². The standard InChI is InChI=1S/C15H18BrN3OS/c1-17-15(19-11-14-6-3-9-21-14)18-7-8-20-13-5-2-4-12(16)10-13/h2-6,9-10H,7-8,11H2,1H3,(H2,17,18,19). The molecule has 6 heteroatoms. The van der Waals surface area contributed by atoms with E-state index in [2.05, 4.69) is 43.0 Å². The van der Waals surface area contributed by atoms with Crippen LogP contribution in [0.25, 0.3) is 0 Å². The van der Waals surface area contributed by atoms with Gasteiger partial charge >= 0.3 is 0 Å². The molecule has 1 heterocycles. The van der Waals surface area contributed by atoms with Crippen LogP contribution in [-0.4, -0.2) is 26.2 Å². The van der Waals surface area contributed by atoms with Crippen LogP contribution < -0.4 is 15.4 Å². The van der Waals surface area contributed by atoms with E-state index in [4.69, 9.17) is 4.74 Å². The summed E-state index contributed by atoms with van der Waals surface area (Å²) in [5.74, 6) is 1.63. The van der Waals surface area contributed by atoms with Gasteiger partial charge in [-0.15, -0.1) is 11.3 Å². The highest BCUT2D eigenvalue weighted by atomic mass is 79.9. The van der Waals surface area contributed by atoms with Gasteiger partial charge in [0.05, 0.1) is 13.1 Å². The lowest BCUT2D eigenvalue weighted by molar-refractivity contribution is 0.321. The monoisotopic (exact) mass is 367 g/mol. The lowest BCUT2D eigenvalue weighted by Crippen LogP contribution is -2.38. The molecule has 0 radical (unpaired) electrons. The Labute approximate surface area is 137 Å². The second kappa shape index (κ2) is 8.69. The van der Waals surface area contributed by atoms with Crippen molar-refractivity contribution in [1.82, 2.24) is 10.6 Å². The molecule has 0 amide bonds. The van der Waals surface area contributed by atoms with Crippen LogP contribution in [-0.2, 0) is 6.54 Å². The number of aliphatic imine (C=N–C) groups is 1. The molecule has 2 aromatic rings. The van der Waals surface area contributed by atoms with Crippen molar-refractivity contribution in [3.8, 4) is 5.75 Å². The maximum absolute atomic E-state index is 5.66. The molecule has 0 fully saturated rings. The molecular weight excluding hydrogens is 350 g/mol. The molecule has 4 nitrogen and oxygen atoms in total. The van der Waals surface area contributed by atoms with Crippen LogP contribution in [0.15, 0.2) is 51.2 Å². The number of thiophene rings is 1. The van der Waals surface area contributed by atoms with E-state index in [1.807, 2.05) is 30.3 Å². The SMILES string of the molecule is CN=C(NCCOc1cccc(Br)c1)NCc1cccs1. The number of nitrogens with one attached hydrogen (secondary N) is 2. The van der Waals surface area contributed by atoms with Crippen molar-refractivity contribution in [3.05, 3.63) is 51.1 Å². The first-order valence-electron chi connectivity index (χ1n) is 6.63. The van der Waals surface area contributed by atoms with Crippen LogP contribution in [0.3, 0.4) is 0 Å². The fourth-order valence-electron chi connectivity index (χ4n) is 1.70. The fourth-order valence-corrected chi connectivity index (χ4v) is 2.72. The number of benzene rings is 1. The number of rotatable bonds is 6. The zero-order valence-electron chi connectivity index (χ0n) is 11.8. The average molecular weight is 368 g/mol. The molecule has 1 aromatic heterocycles. The zero-order chi connectivity index (χ0) is 14.9. The van der Waals surface area contributed by atoms with E-state index in [1.54, 1.807) is 18.4 Å². The largest absolute Gasteiger partial charge is 0.492 e. The summed E-state index contributed by atoms with van der Waals surface area (Å²) in [6, 6.07) is 12.0. The van der Waals surface area contributed by atoms with Gasteiger partial charge < -0.3 is 15.4 Å². The number of nitrogens with zero attached hydrogens (tertiary/aromatic N) is 1. The van der Waals surface area contributed by atoms with Gasteiger partial charge in [-0.3, -0.25) is 4.99 Å². The summed E-state index contributed by atoms with van der Waals surface area (Å²) >= 11 is 5.15. The average Bonchev–Trinajstić information content (AvgIpc) is 3.00. The van der Waals surface area contributed by atoms with E-state index in [9.17, 15) is 0 Å². The molecule has 21 heavy (non-hydrogen) atoms. The highest BCUT2D eigenvalue weighted by Gasteiger charge is 1.99. The van der Waals surface area contributed by atoms with Gasteiger partial charge in [0.25, 0.3) is 0 Å². The molecular formula is C15H18BrN3OS. The van der Waals surface area contributed by atoms with Gasteiger partial charge in [-0.2, -0.15) is 0 Å². The second-order valence-corrected chi connectivity index (χ2v) is 6.19. The predicted octanol–water partition coefficient (Wildman–Crippen LogP) is 3.25. The summed E-state index contributed by atoms with van der Waals surface area (Å²) in [6.45, 7) is 2.05. The summed E-state index contributed by atoms with van der Waals surface area (Å²) in [5.41, 5.74) is 0. The molecule has 0 saturated carbocycles. The lowest BCUT2D eigenvalue weighted by Gasteiger charge is -2.12. The van der Waals surface area contributed by atoms with Gasteiger partial charge in [-0.1, -0.05) is 28.1 Å². The molecule has 0 spiro atoms. The van der Waals surface area contributed by atoms with Crippen LogP contribution in [0, 0.1) is 0 Å². The molecule has 1 aromatic carbocycles. The minimum Gasteiger partial charge on any atom is -0.492 e. The lowest BCUT2D eigenvalue weighted by atomic mass is 10.3. The van der Waals surface area contributed by atoms with Crippen LogP contribution in [0.2, 0.25) is 0 Å². The van der Waals surface area contributed by atoms with Gasteiger partial charge in [0.2, 0.25) is 0 Å². The third kappa shape index (κ3) is 5.77. The third-order valence-electron chi connectivity index (χ3n) is 2.69. The van der Waals surface area contributed by atoms with Crippen molar-refractivity contribution < 1.29 is 4.74 Å². The van der Waals surface area contributed by atoms with Crippen LogP contribution >= 0.6 is 27.3 Å². The smallest absolute Gasteiger partial charge is 0.191 e. The molecule has 0 unspecified atom stereocenters. The van der Waals surface area contributed by atoms with Gasteiger partial charge in [0, 0.05) is 16.4 Å². The Kier molecular flexibility index (Phi) is 6.56. The maximum atomic E-state index is 5.66. The van der Waals surface area contributed by atoms with E-state index in [1.165, 1.54) is 4.88 Å². The Hall–Kier alpha value is -1.53. The number of halogens is 1. The highest BCUT2D eigenvalue weighted by molar-refractivity contribution is 9.10. The number of ether oxygens (including phenoxy) is 1. The Bertz CT molecular complexity index is 572. The van der Waals surface area contributed by atoms with E-state index in [-0.39, 0.29) is 0 Å². The van der Waals surface area contributed by atoms with Crippen LogP contribution in [0.5, 0.6) is 5.75 Å². The minimum absolute atomic E-state index is 0.580. The topological polar surface area (TPSA) is 45.7 Å². The summed E-state index contributed by atoms with van der Waals surface area (Å²) < 4.78 is 6.67. The molecule has 0 aliphatic rings. The number of hydrogen-bond donors (Lipinski definition) is 2. The Balaban J connectivity index is 1.66. The van der Waals surface area contributed by atoms with Gasteiger partial charge in [0.15, 0.2) is 5.96 Å². The Morgan fingerprint density at radius 3 is 2.90 bits per heavy atom. The Morgan fingerprint density at radius 1 is 1.29 bits per heavy atom. The predicted molar refractivity (Wildman–Crippen MR) is 92.2 cm³/mol. The van der Waals surface area contributed by atoms with E-state index in [0.717, 1.165) is 22.7 Å². The molecule has 2 rings (SSSR count). The summed E-state index contributed by atoms with van der Waals surface area (Å²) in [6.07, 6.45) is 0. The van der Waals surface area contributed by atoms with E-state index >= 15 is 0 Å². The zero-order valence-corrected chi connectivity index (χ0v) is 14.2. The quantitative estimate of drug-likeness (QED) is 0.467. The Morgan fingerprint density at radius 2 is 2.19 bits per heavy atom. The molecule has 2 N–H and O–H groups in total. The van der Waals surface area contributed by atoms with Crippen molar-refractivity contribution in [2.75, 3.05) is 20.2 Å². The first-order valence-corrected chi connectivity index (χ1v) is 8.30. The summed E-state index contributed by atoms with van der Waals surface area (Å²) in [5, 5.41) is 8.56. The molecule has 0 aliphatic carbocycles. The second-order valence-electron chi connectivity index (χ2n) is 4.24. The number of hydrogen-bond acceptors (Lipinski definition) is 3. The van der Waals surface area contributed by atoms with E-state index in [0.29, 0.717) is 13.2 Å². The van der Waals surface area contributed by atoms with Crippen molar-refractivity contribution in [1.29, 1.82) is 0 Å². The fraction of sp³-hybridized carbons (Fsp3) is 0.267. The third-order valence-corrected chi connectivity index (χ3v) is 4.06. The van der Waals surface area contributed by atoms with Crippen molar-refractivity contribution in [2.24, 2.45) is 4.99 Å². The van der Waals surface area contributed by atoms with Crippen molar-refractivity contribution in [3.63, 3.8) is 0 Å². The first kappa shape index (κ1) is 15.9. The van der Waals surface area contributed by atoms with Crippen molar-refractivity contribution in [2.45, 2.75) is 6.54 Å². The molecule has 0 bridgehead atoms. The summed E-state index contributed by atoms with van der Waals surface area (Å²) in [7, 11) is 1.76. The van der Waals surface area contributed by atoms with Crippen LogP contribution in [0.1, 0.15) is 4.88 Å². The van der Waals surface area contributed by atoms with Crippen molar-refractivity contribution >= 4 is 33.2 Å². The maximum Gasteiger partial charge on any atom is 0.191 e. The van der Waals surface area contributed by atoms with Gasteiger partial charge in [-0.05, 0) is 29.6 Å². The number of guanidine groups is 1. The normalized spacial score (nSPS) is 11.2. The first-order chi connectivity index (χ1) is 10.3. The molecule has 0 saturated heterocycles.